The molecule has 1 aliphatic rings. The predicted octanol–water partition coefficient (Wildman–Crippen LogP) is 1.56. The maximum atomic E-state index is 11.3. The number of nitrogens with zero attached hydrogens (tertiary/aromatic N) is 3. The van der Waals surface area contributed by atoms with Crippen LogP contribution < -0.4 is 5.73 Å². The van der Waals surface area contributed by atoms with Crippen LogP contribution in [0.1, 0.15) is 5.56 Å². The normalized spacial score (nSPS) is 22.6. The number of halogens is 1. The molecule has 1 unspecified atom stereocenters. The number of benzene rings is 1. The number of hydrogen-bond donors (Lipinski definition) is 1. The van der Waals surface area contributed by atoms with Gasteiger partial charge in [-0.2, -0.15) is 0 Å². The first-order chi connectivity index (χ1) is 7.62. The average molecular weight is 237 g/mol. The summed E-state index contributed by atoms with van der Waals surface area (Å²) in [7, 11) is 0. The molecule has 0 radical (unpaired) electrons. The fourth-order valence-corrected chi connectivity index (χ4v) is 1.57. The molecule has 1 heterocycles. The average Bonchev–Trinajstić information content (AvgIpc) is 2.71. The first-order valence-corrected chi connectivity index (χ1v) is 5.01. The van der Waals surface area contributed by atoms with E-state index in [2.05, 4.69) is 15.4 Å². The van der Waals surface area contributed by atoms with Crippen molar-refractivity contribution in [3.63, 3.8) is 0 Å². The first-order valence-electron chi connectivity index (χ1n) is 4.63. The van der Waals surface area contributed by atoms with E-state index in [1.165, 1.54) is 6.21 Å². The lowest BCUT2D eigenvalue weighted by Gasteiger charge is -2.16. The minimum Gasteiger partial charge on any atom is -0.367 e. The Bertz CT molecular complexity index is 454. The molecule has 2 N–H and O–H groups in total. The van der Waals surface area contributed by atoms with Crippen LogP contribution in [0.15, 0.2) is 39.7 Å². The van der Waals surface area contributed by atoms with Gasteiger partial charge in [0.1, 0.15) is 0 Å². The molecule has 1 amide bonds. The lowest BCUT2D eigenvalue weighted by atomic mass is 9.92. The SMILES string of the molecule is NC(=O)C1(Cc2ccc(Cl)cc2)C=NN=N1. The lowest BCUT2D eigenvalue weighted by Crippen LogP contribution is -2.44. The Morgan fingerprint density at radius 3 is 2.56 bits per heavy atom. The van der Waals surface area contributed by atoms with E-state index in [0.717, 1.165) is 5.56 Å². The van der Waals surface area contributed by atoms with Gasteiger partial charge in [0.15, 0.2) is 0 Å². The molecule has 6 heteroatoms. The highest BCUT2D eigenvalue weighted by Crippen LogP contribution is 2.21. The number of rotatable bonds is 3. The van der Waals surface area contributed by atoms with E-state index in [9.17, 15) is 4.79 Å². The molecule has 0 spiro atoms. The number of primary amides is 1. The second kappa shape index (κ2) is 4.02. The monoisotopic (exact) mass is 236 g/mol. The predicted molar refractivity (Wildman–Crippen MR) is 60.4 cm³/mol. The number of carbonyl (C=O) groups is 1. The zero-order valence-electron chi connectivity index (χ0n) is 8.30. The molecule has 1 aliphatic heterocycles. The van der Waals surface area contributed by atoms with E-state index < -0.39 is 11.4 Å². The summed E-state index contributed by atoms with van der Waals surface area (Å²) < 4.78 is 0. The number of carbonyl (C=O) groups excluding carboxylic acids is 1. The maximum absolute atomic E-state index is 11.3. The van der Waals surface area contributed by atoms with Gasteiger partial charge in [0.2, 0.25) is 5.54 Å². The van der Waals surface area contributed by atoms with Crippen LogP contribution >= 0.6 is 11.6 Å². The van der Waals surface area contributed by atoms with Crippen molar-refractivity contribution in [1.29, 1.82) is 0 Å². The Morgan fingerprint density at radius 2 is 2.06 bits per heavy atom. The van der Waals surface area contributed by atoms with Crippen molar-refractivity contribution in [3.8, 4) is 0 Å². The van der Waals surface area contributed by atoms with Crippen molar-refractivity contribution >= 4 is 23.7 Å². The van der Waals surface area contributed by atoms with Gasteiger partial charge in [0.25, 0.3) is 5.91 Å². The molecular formula is C10H9ClN4O. The van der Waals surface area contributed by atoms with Crippen molar-refractivity contribution in [1.82, 2.24) is 0 Å². The number of hydrogen-bond acceptors (Lipinski definition) is 4. The quantitative estimate of drug-likeness (QED) is 0.849. The Balaban J connectivity index is 2.25. The highest BCUT2D eigenvalue weighted by Gasteiger charge is 2.38. The maximum Gasteiger partial charge on any atom is 0.253 e. The summed E-state index contributed by atoms with van der Waals surface area (Å²) in [5, 5.41) is 11.4. The van der Waals surface area contributed by atoms with E-state index in [1.54, 1.807) is 12.1 Å². The third-order valence-corrected chi connectivity index (χ3v) is 2.61. The van der Waals surface area contributed by atoms with Crippen LogP contribution in [-0.2, 0) is 11.2 Å². The van der Waals surface area contributed by atoms with Gasteiger partial charge in [-0.1, -0.05) is 23.7 Å². The summed E-state index contributed by atoms with van der Waals surface area (Å²) in [6.45, 7) is 0. The number of nitrogens with two attached hydrogens (primary N) is 1. The van der Waals surface area contributed by atoms with Crippen molar-refractivity contribution in [3.05, 3.63) is 34.9 Å². The molecular weight excluding hydrogens is 228 g/mol. The molecule has 1 aromatic carbocycles. The van der Waals surface area contributed by atoms with Crippen LogP contribution in [0, 0.1) is 0 Å². The minimum absolute atomic E-state index is 0.340. The smallest absolute Gasteiger partial charge is 0.253 e. The van der Waals surface area contributed by atoms with Crippen LogP contribution in [-0.4, -0.2) is 17.7 Å². The highest BCUT2D eigenvalue weighted by molar-refractivity contribution is 6.30. The van der Waals surface area contributed by atoms with Crippen LogP contribution in [0.25, 0.3) is 0 Å². The van der Waals surface area contributed by atoms with Crippen molar-refractivity contribution < 1.29 is 4.79 Å². The largest absolute Gasteiger partial charge is 0.367 e. The van der Waals surface area contributed by atoms with E-state index in [-0.39, 0.29) is 0 Å². The van der Waals surface area contributed by atoms with Crippen LogP contribution in [0.4, 0.5) is 0 Å². The van der Waals surface area contributed by atoms with Crippen LogP contribution in [0.5, 0.6) is 0 Å². The molecule has 1 atom stereocenters. The van der Waals surface area contributed by atoms with Gasteiger partial charge in [-0.3, -0.25) is 4.79 Å². The summed E-state index contributed by atoms with van der Waals surface area (Å²) in [6, 6.07) is 7.12. The van der Waals surface area contributed by atoms with Gasteiger partial charge in [0.05, 0.1) is 6.21 Å². The summed E-state index contributed by atoms with van der Waals surface area (Å²) in [6.07, 6.45) is 1.70. The topological polar surface area (TPSA) is 80.2 Å². The van der Waals surface area contributed by atoms with Gasteiger partial charge in [-0.15, -0.1) is 10.2 Å². The van der Waals surface area contributed by atoms with Gasteiger partial charge < -0.3 is 5.73 Å². The second-order valence-electron chi connectivity index (χ2n) is 3.53. The Labute approximate surface area is 97.0 Å². The summed E-state index contributed by atoms with van der Waals surface area (Å²) in [5.74, 6) is -0.563. The summed E-state index contributed by atoms with van der Waals surface area (Å²) >= 11 is 5.77. The van der Waals surface area contributed by atoms with Crippen molar-refractivity contribution in [2.24, 2.45) is 21.2 Å². The molecule has 5 nitrogen and oxygen atoms in total. The molecule has 0 fully saturated rings. The molecule has 0 aliphatic carbocycles. The standard InChI is InChI=1S/C10H9ClN4O/c11-8-3-1-7(2-4-8)5-10(9(12)16)6-13-15-14-10/h1-4,6H,5H2,(H2,12,16). The van der Waals surface area contributed by atoms with Gasteiger partial charge in [-0.25, -0.2) is 0 Å². The molecule has 16 heavy (non-hydrogen) atoms. The Kier molecular flexibility index (Phi) is 2.70. The minimum atomic E-state index is -1.15. The third-order valence-electron chi connectivity index (χ3n) is 2.36. The van der Waals surface area contributed by atoms with Crippen molar-refractivity contribution in [2.75, 3.05) is 0 Å². The van der Waals surface area contributed by atoms with Gasteiger partial charge >= 0.3 is 0 Å². The molecule has 0 aromatic heterocycles. The first kappa shape index (κ1) is 10.8. The summed E-state index contributed by atoms with van der Waals surface area (Å²) in [5.41, 5.74) is 5.05. The summed E-state index contributed by atoms with van der Waals surface area (Å²) in [4.78, 5) is 11.3. The fraction of sp³-hybridized carbons (Fsp3) is 0.200. The molecule has 0 saturated carbocycles. The Morgan fingerprint density at radius 1 is 1.38 bits per heavy atom. The van der Waals surface area contributed by atoms with Crippen LogP contribution in [0.2, 0.25) is 5.02 Å². The van der Waals surface area contributed by atoms with E-state index in [1.807, 2.05) is 12.1 Å². The third kappa shape index (κ3) is 1.94. The Hall–Kier alpha value is -1.75. The highest BCUT2D eigenvalue weighted by atomic mass is 35.5. The van der Waals surface area contributed by atoms with Gasteiger partial charge in [-0.05, 0) is 22.9 Å². The van der Waals surface area contributed by atoms with E-state index in [4.69, 9.17) is 17.3 Å². The van der Waals surface area contributed by atoms with E-state index >= 15 is 0 Å². The zero-order chi connectivity index (χ0) is 11.6. The van der Waals surface area contributed by atoms with Crippen LogP contribution in [0.3, 0.4) is 0 Å². The van der Waals surface area contributed by atoms with Crippen molar-refractivity contribution in [2.45, 2.75) is 12.0 Å². The van der Waals surface area contributed by atoms with Gasteiger partial charge in [0, 0.05) is 11.4 Å². The molecule has 82 valence electrons. The molecule has 0 bridgehead atoms. The lowest BCUT2D eigenvalue weighted by molar-refractivity contribution is -0.120. The zero-order valence-corrected chi connectivity index (χ0v) is 9.05. The molecule has 0 saturated heterocycles. The molecule has 2 rings (SSSR count). The molecule has 1 aromatic rings. The number of amides is 1. The van der Waals surface area contributed by atoms with E-state index in [0.29, 0.717) is 11.4 Å². The second-order valence-corrected chi connectivity index (χ2v) is 3.96. The fourth-order valence-electron chi connectivity index (χ4n) is 1.45.